The van der Waals surface area contributed by atoms with Crippen molar-refractivity contribution >= 4 is 28.8 Å². The van der Waals surface area contributed by atoms with Crippen molar-refractivity contribution in [3.8, 4) is 0 Å². The van der Waals surface area contributed by atoms with E-state index >= 15 is 0 Å². The molecular formula is C25H30N4O2. The second kappa shape index (κ2) is 8.19. The van der Waals surface area contributed by atoms with E-state index in [9.17, 15) is 9.59 Å². The Morgan fingerprint density at radius 1 is 0.871 bits per heavy atom. The lowest BCUT2D eigenvalue weighted by Gasteiger charge is -2.34. The first-order chi connectivity index (χ1) is 14.8. The van der Waals surface area contributed by atoms with Gasteiger partial charge in [0.2, 0.25) is 0 Å². The smallest absolute Gasteiger partial charge is 0.282 e. The Hall–Kier alpha value is -3.12. The van der Waals surface area contributed by atoms with E-state index in [1.54, 1.807) is 0 Å². The first-order valence-electron chi connectivity index (χ1n) is 10.7. The molecule has 0 aliphatic carbocycles. The third-order valence-corrected chi connectivity index (χ3v) is 6.13. The zero-order chi connectivity index (χ0) is 22.3. The topological polar surface area (TPSA) is 47.1 Å². The van der Waals surface area contributed by atoms with E-state index in [2.05, 4.69) is 22.9 Å². The van der Waals surface area contributed by atoms with Gasteiger partial charge in [-0.3, -0.25) is 9.59 Å². The second-order valence-electron chi connectivity index (χ2n) is 8.69. The maximum Gasteiger partial charge on any atom is 0.282 e. The van der Waals surface area contributed by atoms with Gasteiger partial charge in [0, 0.05) is 46.0 Å². The van der Waals surface area contributed by atoms with Gasteiger partial charge in [0.05, 0.1) is 11.3 Å². The van der Waals surface area contributed by atoms with Crippen LogP contribution in [0.15, 0.2) is 48.2 Å². The van der Waals surface area contributed by atoms with E-state index in [1.807, 2.05) is 69.2 Å². The van der Waals surface area contributed by atoms with Gasteiger partial charge in [-0.2, -0.15) is 0 Å². The number of hydrogen-bond donors (Lipinski definition) is 0. The molecule has 31 heavy (non-hydrogen) atoms. The molecule has 1 fully saturated rings. The fourth-order valence-electron chi connectivity index (χ4n) is 4.32. The number of hydrogen-bond acceptors (Lipinski definition) is 5. The highest BCUT2D eigenvalue weighted by Gasteiger charge is 2.43. The summed E-state index contributed by atoms with van der Waals surface area (Å²) in [5.74, 6) is -0.484. The number of carbonyl (C=O) groups excluding carboxylic acids is 2. The first-order valence-corrected chi connectivity index (χ1v) is 10.7. The van der Waals surface area contributed by atoms with Crippen LogP contribution in [-0.4, -0.2) is 68.9 Å². The van der Waals surface area contributed by atoms with E-state index in [4.69, 9.17) is 0 Å². The maximum atomic E-state index is 13.7. The van der Waals surface area contributed by atoms with Gasteiger partial charge >= 0.3 is 0 Å². The number of rotatable bonds is 4. The zero-order valence-corrected chi connectivity index (χ0v) is 19.0. The fraction of sp³-hybridized carbons (Fsp3) is 0.360. The van der Waals surface area contributed by atoms with Crippen LogP contribution in [-0.2, 0) is 9.59 Å². The third-order valence-electron chi connectivity index (χ3n) is 6.13. The lowest BCUT2D eigenvalue weighted by Crippen LogP contribution is -2.46. The quantitative estimate of drug-likeness (QED) is 0.715. The number of carbonyl (C=O) groups is 2. The van der Waals surface area contributed by atoms with E-state index in [0.29, 0.717) is 17.0 Å². The highest BCUT2D eigenvalue weighted by atomic mass is 16.2. The molecule has 162 valence electrons. The maximum absolute atomic E-state index is 13.7. The Morgan fingerprint density at radius 3 is 2.23 bits per heavy atom. The summed E-state index contributed by atoms with van der Waals surface area (Å²) in [6.07, 6.45) is 0. The molecule has 4 rings (SSSR count). The molecule has 0 bridgehead atoms. The second-order valence-corrected chi connectivity index (χ2v) is 8.69. The molecule has 0 atom stereocenters. The van der Waals surface area contributed by atoms with Crippen molar-refractivity contribution in [3.63, 3.8) is 0 Å². The molecule has 0 saturated carbocycles. The molecule has 0 N–H and O–H groups in total. The largest absolute Gasteiger partial charge is 0.378 e. The number of aryl methyl sites for hydroxylation is 2. The summed E-state index contributed by atoms with van der Waals surface area (Å²) in [5.41, 5.74) is 5.57. The zero-order valence-electron chi connectivity index (χ0n) is 19.0. The summed E-state index contributed by atoms with van der Waals surface area (Å²) >= 11 is 0. The van der Waals surface area contributed by atoms with Crippen LogP contribution in [0.1, 0.15) is 16.7 Å². The van der Waals surface area contributed by atoms with Gasteiger partial charge in [0.1, 0.15) is 5.70 Å². The standard InChI is InChI=1S/C25H30N4O2/c1-17-9-10-21(18(2)15-17)22-23(28-13-11-27(5)12-14-28)25(31)29(24(22)30)20-8-6-7-19(16-20)26(3)4/h6-10,15-16H,11-14H2,1-5H3. The molecule has 6 nitrogen and oxygen atoms in total. The van der Waals surface area contributed by atoms with Crippen molar-refractivity contribution in [2.75, 3.05) is 57.1 Å². The molecule has 6 heteroatoms. The van der Waals surface area contributed by atoms with Crippen LogP contribution in [0.2, 0.25) is 0 Å². The molecule has 0 spiro atoms. The average molecular weight is 419 g/mol. The molecule has 2 amide bonds. The van der Waals surface area contributed by atoms with Gasteiger partial charge in [0.25, 0.3) is 11.8 Å². The highest BCUT2D eigenvalue weighted by Crippen LogP contribution is 2.37. The number of piperazine rings is 1. The van der Waals surface area contributed by atoms with Gasteiger partial charge < -0.3 is 14.7 Å². The minimum absolute atomic E-state index is 0.236. The number of imide groups is 1. The molecule has 2 aromatic rings. The number of anilines is 2. The van der Waals surface area contributed by atoms with Gasteiger partial charge in [-0.05, 0) is 50.2 Å². The summed E-state index contributed by atoms with van der Waals surface area (Å²) < 4.78 is 0. The van der Waals surface area contributed by atoms with E-state index in [-0.39, 0.29) is 11.8 Å². The van der Waals surface area contributed by atoms with E-state index in [1.165, 1.54) is 4.90 Å². The number of nitrogens with zero attached hydrogens (tertiary/aromatic N) is 4. The van der Waals surface area contributed by atoms with Crippen molar-refractivity contribution in [1.82, 2.24) is 9.80 Å². The van der Waals surface area contributed by atoms with Crippen LogP contribution in [0.5, 0.6) is 0 Å². The van der Waals surface area contributed by atoms with Crippen LogP contribution in [0.25, 0.3) is 5.57 Å². The van der Waals surface area contributed by atoms with Crippen LogP contribution in [0.3, 0.4) is 0 Å². The summed E-state index contributed by atoms with van der Waals surface area (Å²) in [4.78, 5) is 35.1. The summed E-state index contributed by atoms with van der Waals surface area (Å²) in [6, 6.07) is 13.6. The third kappa shape index (κ3) is 3.83. The summed E-state index contributed by atoms with van der Waals surface area (Å²) in [6.45, 7) is 7.22. The SMILES string of the molecule is Cc1ccc(C2=C(N3CCN(C)CC3)C(=O)N(c3cccc(N(C)C)c3)C2=O)c(C)c1. The first kappa shape index (κ1) is 21.1. The van der Waals surface area contributed by atoms with Crippen LogP contribution < -0.4 is 9.80 Å². The van der Waals surface area contributed by atoms with E-state index in [0.717, 1.165) is 48.6 Å². The molecule has 1 saturated heterocycles. The van der Waals surface area contributed by atoms with Crippen molar-refractivity contribution in [2.45, 2.75) is 13.8 Å². The van der Waals surface area contributed by atoms with E-state index < -0.39 is 0 Å². The minimum Gasteiger partial charge on any atom is -0.378 e. The number of likely N-dealkylation sites (N-methyl/N-ethyl adjacent to an activating group) is 1. The van der Waals surface area contributed by atoms with Crippen LogP contribution in [0.4, 0.5) is 11.4 Å². The van der Waals surface area contributed by atoms with Gasteiger partial charge in [-0.15, -0.1) is 0 Å². The van der Waals surface area contributed by atoms with Gasteiger partial charge in [-0.25, -0.2) is 4.90 Å². The predicted molar refractivity (Wildman–Crippen MR) is 125 cm³/mol. The Labute approximate surface area is 184 Å². The van der Waals surface area contributed by atoms with Gasteiger partial charge in [0.15, 0.2) is 0 Å². The van der Waals surface area contributed by atoms with Crippen molar-refractivity contribution in [2.24, 2.45) is 0 Å². The van der Waals surface area contributed by atoms with Crippen molar-refractivity contribution in [1.29, 1.82) is 0 Å². The molecule has 2 aromatic carbocycles. The Balaban J connectivity index is 1.83. The van der Waals surface area contributed by atoms with Gasteiger partial charge in [-0.1, -0.05) is 29.8 Å². The Bertz CT molecular complexity index is 1060. The average Bonchev–Trinajstić information content (AvgIpc) is 2.99. The van der Waals surface area contributed by atoms with Crippen LogP contribution >= 0.6 is 0 Å². The molecule has 0 unspecified atom stereocenters. The number of benzene rings is 2. The number of amides is 2. The van der Waals surface area contributed by atoms with Crippen LogP contribution in [0, 0.1) is 13.8 Å². The predicted octanol–water partition coefficient (Wildman–Crippen LogP) is 2.90. The molecule has 0 radical (unpaired) electrons. The molecule has 0 aromatic heterocycles. The minimum atomic E-state index is -0.248. The molecular weight excluding hydrogens is 388 g/mol. The van der Waals surface area contributed by atoms with Crippen molar-refractivity contribution < 1.29 is 9.59 Å². The fourth-order valence-corrected chi connectivity index (χ4v) is 4.32. The lowest BCUT2D eigenvalue weighted by molar-refractivity contribution is -0.120. The summed E-state index contributed by atoms with van der Waals surface area (Å²) in [7, 11) is 5.97. The highest BCUT2D eigenvalue weighted by molar-refractivity contribution is 6.45. The molecule has 2 aliphatic rings. The molecule has 2 aliphatic heterocycles. The Kier molecular flexibility index (Phi) is 5.58. The molecule has 2 heterocycles. The summed E-state index contributed by atoms with van der Waals surface area (Å²) in [5, 5.41) is 0. The monoisotopic (exact) mass is 418 g/mol. The normalized spacial score (nSPS) is 17.7. The Morgan fingerprint density at radius 2 is 1.58 bits per heavy atom. The van der Waals surface area contributed by atoms with Crippen molar-refractivity contribution in [3.05, 3.63) is 64.9 Å². The lowest BCUT2D eigenvalue weighted by atomic mass is 9.97.